The minimum atomic E-state index is 0.366. The Bertz CT molecular complexity index is 273. The van der Waals surface area contributed by atoms with E-state index in [-0.39, 0.29) is 0 Å². The van der Waals surface area contributed by atoms with Gasteiger partial charge in [0.2, 0.25) is 0 Å². The summed E-state index contributed by atoms with van der Waals surface area (Å²) < 4.78 is 0. The maximum atomic E-state index is 2.45. The third kappa shape index (κ3) is 26.6. The van der Waals surface area contributed by atoms with Gasteiger partial charge in [0.15, 0.2) is 0 Å². The molecule has 1 heteroatoms. The van der Waals surface area contributed by atoms with Gasteiger partial charge in [0.1, 0.15) is 0 Å². The molecule has 0 unspecified atom stereocenters. The summed E-state index contributed by atoms with van der Waals surface area (Å²) in [5, 5.41) is 0. The first-order chi connectivity index (χ1) is 15.3. The lowest BCUT2D eigenvalue weighted by Gasteiger charge is -2.15. The minimum Gasteiger partial charge on any atom is -0.107 e. The summed E-state index contributed by atoms with van der Waals surface area (Å²) in [6.45, 7) is 7.07. The van der Waals surface area contributed by atoms with Crippen LogP contribution in [0.25, 0.3) is 0 Å². The van der Waals surface area contributed by atoms with Crippen LogP contribution in [-0.4, -0.2) is 18.5 Å². The van der Waals surface area contributed by atoms with Crippen LogP contribution in [0.15, 0.2) is 0 Å². The molecule has 0 aliphatic carbocycles. The molecule has 0 nitrogen and oxygen atoms in total. The molecule has 0 saturated carbocycles. The lowest BCUT2D eigenvalue weighted by molar-refractivity contribution is 0.547. The largest absolute Gasteiger partial charge is 0.107 e. The lowest BCUT2D eigenvalue weighted by Crippen LogP contribution is -1.94. The van der Waals surface area contributed by atoms with E-state index in [0.717, 1.165) is 0 Å². The van der Waals surface area contributed by atoms with Crippen LogP contribution in [0.2, 0.25) is 0 Å². The Morgan fingerprint density at radius 1 is 0.290 bits per heavy atom. The molecule has 188 valence electrons. The van der Waals surface area contributed by atoms with Gasteiger partial charge in [-0.05, 0) is 31.3 Å². The van der Waals surface area contributed by atoms with Crippen LogP contribution in [0.4, 0.5) is 0 Å². The van der Waals surface area contributed by atoms with Gasteiger partial charge >= 0.3 is 0 Å². The maximum absolute atomic E-state index is 2.45. The highest BCUT2D eigenvalue weighted by atomic mass is 31.1. The first-order valence-corrected chi connectivity index (χ1v) is 17.0. The normalized spacial score (nSPS) is 11.6. The molecule has 0 amide bonds. The molecule has 0 atom stereocenters. The third-order valence-electron chi connectivity index (χ3n) is 7.10. The topological polar surface area (TPSA) is 0 Å². The highest BCUT2D eigenvalue weighted by Crippen LogP contribution is 2.37. The Kier molecular flexibility index (Phi) is 28.9. The molecule has 0 aromatic carbocycles. The second-order valence-corrected chi connectivity index (χ2v) is 13.1. The standard InChI is InChI=1S/C30H63P/c1-4-7-9-11-13-15-17-19-21-23-25-27-29-31(6-3)30-28-26-24-22-20-18-16-14-12-10-8-5-2/h4-30H2,1-3H3. The van der Waals surface area contributed by atoms with Gasteiger partial charge in [0, 0.05) is 0 Å². The van der Waals surface area contributed by atoms with E-state index in [9.17, 15) is 0 Å². The predicted molar refractivity (Wildman–Crippen MR) is 149 cm³/mol. The summed E-state index contributed by atoms with van der Waals surface area (Å²) in [7, 11) is 0.366. The first-order valence-electron chi connectivity index (χ1n) is 15.1. The Hall–Kier alpha value is 0.430. The number of hydrogen-bond acceptors (Lipinski definition) is 0. The van der Waals surface area contributed by atoms with Gasteiger partial charge in [-0.2, -0.15) is 0 Å². The Morgan fingerprint density at radius 2 is 0.516 bits per heavy atom. The molecule has 0 bridgehead atoms. The van der Waals surface area contributed by atoms with Crippen molar-refractivity contribution in [2.75, 3.05) is 18.5 Å². The number of rotatable bonds is 27. The molecule has 0 N–H and O–H groups in total. The van der Waals surface area contributed by atoms with Crippen molar-refractivity contribution >= 4 is 7.92 Å². The van der Waals surface area contributed by atoms with Crippen molar-refractivity contribution in [3.63, 3.8) is 0 Å². The Balaban J connectivity index is 3.26. The minimum absolute atomic E-state index is 0.366. The van der Waals surface area contributed by atoms with Crippen molar-refractivity contribution < 1.29 is 0 Å². The maximum Gasteiger partial charge on any atom is -0.0326 e. The molecule has 0 rings (SSSR count). The van der Waals surface area contributed by atoms with Gasteiger partial charge in [-0.3, -0.25) is 0 Å². The van der Waals surface area contributed by atoms with E-state index >= 15 is 0 Å². The van der Waals surface area contributed by atoms with Gasteiger partial charge in [-0.25, -0.2) is 0 Å². The van der Waals surface area contributed by atoms with Crippen LogP contribution in [0, 0.1) is 0 Å². The Morgan fingerprint density at radius 3 is 0.742 bits per heavy atom. The molecule has 0 aliphatic rings. The van der Waals surface area contributed by atoms with E-state index in [0.29, 0.717) is 7.92 Å². The zero-order valence-electron chi connectivity index (χ0n) is 22.5. The van der Waals surface area contributed by atoms with Gasteiger partial charge < -0.3 is 0 Å². The zero-order chi connectivity index (χ0) is 22.7. The summed E-state index contributed by atoms with van der Waals surface area (Å²) in [5.74, 6) is 0. The molecule has 0 spiro atoms. The van der Waals surface area contributed by atoms with Crippen LogP contribution in [0.1, 0.15) is 175 Å². The van der Waals surface area contributed by atoms with Crippen molar-refractivity contribution in [2.45, 2.75) is 175 Å². The predicted octanol–water partition coefficient (Wildman–Crippen LogP) is 11.9. The highest BCUT2D eigenvalue weighted by Gasteiger charge is 2.05. The summed E-state index contributed by atoms with van der Waals surface area (Å²) in [5.41, 5.74) is 0. The highest BCUT2D eigenvalue weighted by molar-refractivity contribution is 7.57. The molecule has 0 heterocycles. The van der Waals surface area contributed by atoms with Gasteiger partial charge in [-0.1, -0.05) is 162 Å². The summed E-state index contributed by atoms with van der Waals surface area (Å²) >= 11 is 0. The summed E-state index contributed by atoms with van der Waals surface area (Å²) in [6.07, 6.45) is 40.1. The van der Waals surface area contributed by atoms with Crippen LogP contribution in [-0.2, 0) is 0 Å². The van der Waals surface area contributed by atoms with Crippen LogP contribution in [0.3, 0.4) is 0 Å². The van der Waals surface area contributed by atoms with E-state index in [1.54, 1.807) is 12.3 Å². The van der Waals surface area contributed by atoms with Crippen molar-refractivity contribution in [3.05, 3.63) is 0 Å². The van der Waals surface area contributed by atoms with E-state index in [4.69, 9.17) is 0 Å². The fraction of sp³-hybridized carbons (Fsp3) is 1.00. The molecular formula is C30H63P. The fourth-order valence-corrected chi connectivity index (χ4v) is 6.98. The molecule has 0 aromatic rings. The van der Waals surface area contributed by atoms with Crippen LogP contribution >= 0.6 is 7.92 Å². The smallest absolute Gasteiger partial charge is 0.0326 e. The first kappa shape index (κ1) is 31.4. The van der Waals surface area contributed by atoms with Crippen LogP contribution < -0.4 is 0 Å². The van der Waals surface area contributed by atoms with Gasteiger partial charge in [0.25, 0.3) is 0 Å². The molecule has 0 fully saturated rings. The van der Waals surface area contributed by atoms with E-state index < -0.39 is 0 Å². The quantitative estimate of drug-likeness (QED) is 0.0854. The number of unbranched alkanes of at least 4 members (excludes halogenated alkanes) is 22. The van der Waals surface area contributed by atoms with E-state index in [2.05, 4.69) is 20.8 Å². The molecule has 0 aromatic heterocycles. The molecular weight excluding hydrogens is 391 g/mol. The van der Waals surface area contributed by atoms with Crippen molar-refractivity contribution in [2.24, 2.45) is 0 Å². The molecule has 0 saturated heterocycles. The van der Waals surface area contributed by atoms with Crippen LogP contribution in [0.5, 0.6) is 0 Å². The summed E-state index contributed by atoms with van der Waals surface area (Å²) in [6, 6.07) is 0. The average Bonchev–Trinajstić information content (AvgIpc) is 2.79. The van der Waals surface area contributed by atoms with E-state index in [1.807, 2.05) is 0 Å². The van der Waals surface area contributed by atoms with Gasteiger partial charge in [-0.15, -0.1) is 7.92 Å². The number of hydrogen-bond donors (Lipinski definition) is 0. The molecule has 31 heavy (non-hydrogen) atoms. The molecule has 0 radical (unpaired) electrons. The summed E-state index contributed by atoms with van der Waals surface area (Å²) in [4.78, 5) is 0. The third-order valence-corrected chi connectivity index (χ3v) is 9.89. The van der Waals surface area contributed by atoms with E-state index in [1.165, 1.54) is 160 Å². The zero-order valence-corrected chi connectivity index (χ0v) is 23.4. The monoisotopic (exact) mass is 454 g/mol. The Labute approximate surface area is 201 Å². The molecule has 0 aliphatic heterocycles. The second kappa shape index (κ2) is 28.5. The van der Waals surface area contributed by atoms with Gasteiger partial charge in [0.05, 0.1) is 0 Å². The fourth-order valence-electron chi connectivity index (χ4n) is 4.78. The van der Waals surface area contributed by atoms with Crippen molar-refractivity contribution in [3.8, 4) is 0 Å². The SMILES string of the molecule is CCCCCCCCCCCCCCP(CC)CCCCCCCCCCCCCC. The van der Waals surface area contributed by atoms with Crippen molar-refractivity contribution in [1.29, 1.82) is 0 Å². The van der Waals surface area contributed by atoms with Crippen molar-refractivity contribution in [1.82, 2.24) is 0 Å². The average molecular weight is 455 g/mol. The lowest BCUT2D eigenvalue weighted by atomic mass is 10.1. The second-order valence-electron chi connectivity index (χ2n) is 10.2.